The van der Waals surface area contributed by atoms with Gasteiger partial charge in [-0.3, -0.25) is 0 Å². The van der Waals surface area contributed by atoms with Crippen molar-refractivity contribution in [3.63, 3.8) is 0 Å². The molecule has 0 aliphatic carbocycles. The van der Waals surface area contributed by atoms with Crippen molar-refractivity contribution in [1.29, 1.82) is 0 Å². The Hall–Kier alpha value is -2.42. The summed E-state index contributed by atoms with van der Waals surface area (Å²) in [7, 11) is 0. The van der Waals surface area contributed by atoms with Crippen LogP contribution in [-0.2, 0) is 48.2 Å². The molecule has 5 atom stereocenters. The normalized spacial score (nSPS) is 25.2. The van der Waals surface area contributed by atoms with Gasteiger partial charge >= 0.3 is 187 Å². The van der Waals surface area contributed by atoms with E-state index in [1.807, 2.05) is 30.3 Å². The van der Waals surface area contributed by atoms with Gasteiger partial charge in [0.15, 0.2) is 0 Å². The zero-order valence-corrected chi connectivity index (χ0v) is 19.5. The SMILES string of the molecule is CC(=O)OCC1O[C@@H]([Se]Cc2ccccc2)C(OC(C)=O)C(OC(C)=O)[C@@H]1OC(C)=O. The Bertz CT molecular complexity index is 782. The van der Waals surface area contributed by atoms with Gasteiger partial charge in [0.1, 0.15) is 0 Å². The molecule has 1 aromatic rings. The molecule has 1 saturated heterocycles. The first-order chi connectivity index (χ1) is 14.7. The van der Waals surface area contributed by atoms with E-state index < -0.39 is 53.3 Å². The van der Waals surface area contributed by atoms with E-state index in [-0.39, 0.29) is 21.6 Å². The van der Waals surface area contributed by atoms with Gasteiger partial charge < -0.3 is 0 Å². The molecular formula is C21H26O9Se. The van der Waals surface area contributed by atoms with Gasteiger partial charge in [0.05, 0.1) is 0 Å². The molecule has 0 N–H and O–H groups in total. The van der Waals surface area contributed by atoms with Gasteiger partial charge in [-0.2, -0.15) is 0 Å². The van der Waals surface area contributed by atoms with Crippen molar-refractivity contribution in [1.82, 2.24) is 0 Å². The van der Waals surface area contributed by atoms with E-state index in [2.05, 4.69) is 0 Å². The van der Waals surface area contributed by atoms with Gasteiger partial charge in [-0.25, -0.2) is 0 Å². The zero-order chi connectivity index (χ0) is 23.0. The molecule has 1 fully saturated rings. The molecule has 0 bridgehead atoms. The van der Waals surface area contributed by atoms with Crippen molar-refractivity contribution in [3.05, 3.63) is 35.9 Å². The maximum atomic E-state index is 11.8. The molecule has 31 heavy (non-hydrogen) atoms. The second kappa shape index (κ2) is 11.8. The molecule has 0 aromatic heterocycles. The summed E-state index contributed by atoms with van der Waals surface area (Å²) in [4.78, 5) is 46.7. The minimum absolute atomic E-state index is 0.213. The van der Waals surface area contributed by atoms with E-state index in [9.17, 15) is 19.2 Å². The van der Waals surface area contributed by atoms with Gasteiger partial charge in [-0.1, -0.05) is 0 Å². The van der Waals surface area contributed by atoms with Crippen molar-refractivity contribution in [2.24, 2.45) is 0 Å². The topological polar surface area (TPSA) is 114 Å². The summed E-state index contributed by atoms with van der Waals surface area (Å²) >= 11 is -0.254. The molecule has 9 nitrogen and oxygen atoms in total. The van der Waals surface area contributed by atoms with Crippen LogP contribution < -0.4 is 0 Å². The molecule has 1 heterocycles. The average molecular weight is 501 g/mol. The summed E-state index contributed by atoms with van der Waals surface area (Å²) in [6.45, 7) is 4.66. The summed E-state index contributed by atoms with van der Waals surface area (Å²) in [6, 6.07) is 9.67. The quantitative estimate of drug-likeness (QED) is 0.292. The molecule has 0 saturated carbocycles. The predicted octanol–water partition coefficient (Wildman–Crippen LogP) is 0.974. The first-order valence-corrected chi connectivity index (χ1v) is 11.8. The van der Waals surface area contributed by atoms with Crippen molar-refractivity contribution in [2.75, 3.05) is 6.61 Å². The Labute approximate surface area is 186 Å². The number of hydrogen-bond acceptors (Lipinski definition) is 9. The van der Waals surface area contributed by atoms with Crippen molar-refractivity contribution >= 4 is 38.8 Å². The summed E-state index contributed by atoms with van der Waals surface area (Å²) in [6.07, 6.45) is -4.11. The monoisotopic (exact) mass is 502 g/mol. The van der Waals surface area contributed by atoms with Gasteiger partial charge in [-0.15, -0.1) is 0 Å². The van der Waals surface area contributed by atoms with Crippen LogP contribution in [0.25, 0.3) is 0 Å². The van der Waals surface area contributed by atoms with Gasteiger partial charge in [0.2, 0.25) is 0 Å². The van der Waals surface area contributed by atoms with Crippen LogP contribution in [0, 0.1) is 0 Å². The number of carbonyl (C=O) groups excluding carboxylic acids is 4. The molecule has 1 aliphatic heterocycles. The zero-order valence-electron chi connectivity index (χ0n) is 17.8. The number of hydrogen-bond donors (Lipinski definition) is 0. The van der Waals surface area contributed by atoms with E-state index in [1.165, 1.54) is 27.7 Å². The molecule has 1 aliphatic rings. The van der Waals surface area contributed by atoms with Crippen LogP contribution >= 0.6 is 0 Å². The fraction of sp³-hybridized carbons (Fsp3) is 0.524. The van der Waals surface area contributed by atoms with Crippen LogP contribution in [0.4, 0.5) is 0 Å². The molecule has 1 aromatic carbocycles. The van der Waals surface area contributed by atoms with Crippen LogP contribution in [0.15, 0.2) is 30.3 Å². The number of rotatable bonds is 8. The third-order valence-electron chi connectivity index (χ3n) is 4.21. The number of benzene rings is 1. The van der Waals surface area contributed by atoms with Crippen LogP contribution in [-0.4, -0.2) is 74.9 Å². The summed E-state index contributed by atoms with van der Waals surface area (Å²) < 4.78 is 27.4. The predicted molar refractivity (Wildman–Crippen MR) is 108 cm³/mol. The Morgan fingerprint density at radius 3 is 1.90 bits per heavy atom. The number of ether oxygens (including phenoxy) is 5. The van der Waals surface area contributed by atoms with E-state index in [0.29, 0.717) is 5.32 Å². The fourth-order valence-corrected chi connectivity index (χ4v) is 5.53. The Balaban J connectivity index is 2.35. The first-order valence-electron chi connectivity index (χ1n) is 9.63. The number of carbonyl (C=O) groups is 4. The fourth-order valence-electron chi connectivity index (χ4n) is 3.08. The van der Waals surface area contributed by atoms with Crippen LogP contribution in [0.5, 0.6) is 0 Å². The van der Waals surface area contributed by atoms with Crippen LogP contribution in [0.1, 0.15) is 33.3 Å². The summed E-state index contributed by atoms with van der Waals surface area (Å²) in [5.41, 5.74) is 1.07. The van der Waals surface area contributed by atoms with E-state index in [4.69, 9.17) is 23.7 Å². The van der Waals surface area contributed by atoms with E-state index in [0.717, 1.165) is 5.56 Å². The van der Waals surface area contributed by atoms with Crippen molar-refractivity contribution < 1.29 is 42.9 Å². The van der Waals surface area contributed by atoms with Crippen molar-refractivity contribution in [3.8, 4) is 0 Å². The second-order valence-corrected chi connectivity index (χ2v) is 9.14. The van der Waals surface area contributed by atoms with E-state index >= 15 is 0 Å². The molecule has 0 amide bonds. The van der Waals surface area contributed by atoms with Gasteiger partial charge in [0, 0.05) is 0 Å². The molecule has 0 spiro atoms. The van der Waals surface area contributed by atoms with Crippen LogP contribution in [0.3, 0.4) is 0 Å². The Morgan fingerprint density at radius 1 is 0.806 bits per heavy atom. The third kappa shape index (κ3) is 7.97. The standard InChI is InChI=1S/C21H26O9Se/c1-12(22)26-10-17-18(27-13(2)23)19(28-14(3)24)20(29-15(4)25)21(30-17)31-11-16-8-6-5-7-9-16/h5-9,17-21H,10-11H2,1-4H3/t17?,18-,19?,20?,21+/m1/s1. The van der Waals surface area contributed by atoms with Crippen molar-refractivity contribution in [2.45, 2.75) is 62.4 Å². The summed E-state index contributed by atoms with van der Waals surface area (Å²) in [5.74, 6) is -2.41. The molecule has 3 unspecified atom stereocenters. The Kier molecular flexibility index (Phi) is 9.48. The first kappa shape index (κ1) is 24.8. The molecule has 0 radical (unpaired) electrons. The minimum atomic E-state index is -1.12. The Morgan fingerprint density at radius 2 is 1.35 bits per heavy atom. The molecular weight excluding hydrogens is 475 g/mol. The molecule has 170 valence electrons. The van der Waals surface area contributed by atoms with Crippen LogP contribution in [0.2, 0.25) is 0 Å². The average Bonchev–Trinajstić information content (AvgIpc) is 2.68. The molecule has 10 heteroatoms. The summed E-state index contributed by atoms with van der Waals surface area (Å²) in [5, 5.41) is 0.0232. The van der Waals surface area contributed by atoms with Gasteiger partial charge in [-0.05, 0) is 0 Å². The molecule has 2 rings (SSSR count). The number of esters is 4. The third-order valence-corrected chi connectivity index (χ3v) is 6.74. The van der Waals surface area contributed by atoms with Gasteiger partial charge in [0.25, 0.3) is 0 Å². The maximum absolute atomic E-state index is 11.8. The van der Waals surface area contributed by atoms with E-state index in [1.54, 1.807) is 0 Å². The second-order valence-electron chi connectivity index (χ2n) is 6.86.